The lowest BCUT2D eigenvalue weighted by Crippen LogP contribution is -2.58. The number of aromatic nitrogens is 2. The van der Waals surface area contributed by atoms with Crippen molar-refractivity contribution in [2.24, 2.45) is 16.6 Å². The van der Waals surface area contributed by atoms with E-state index in [0.29, 0.717) is 46.2 Å². The third-order valence-electron chi connectivity index (χ3n) is 13.3. The van der Waals surface area contributed by atoms with Gasteiger partial charge in [-0.2, -0.15) is 0 Å². The van der Waals surface area contributed by atoms with Crippen LogP contribution in [0.5, 0.6) is 0 Å². The van der Waals surface area contributed by atoms with E-state index in [1.54, 1.807) is 22.7 Å². The van der Waals surface area contributed by atoms with Crippen LogP contribution in [-0.4, -0.2) is 175 Å². The van der Waals surface area contributed by atoms with Crippen LogP contribution in [0, 0.1) is 24.7 Å². The summed E-state index contributed by atoms with van der Waals surface area (Å²) in [6, 6.07) is 12.6. The van der Waals surface area contributed by atoms with Crippen molar-refractivity contribution in [1.29, 1.82) is 0 Å². The van der Waals surface area contributed by atoms with Crippen molar-refractivity contribution in [2.45, 2.75) is 131 Å². The number of carbonyl (C=O) groups is 5. The third kappa shape index (κ3) is 20.3. The average molecular weight is 1140 g/mol. The molecule has 0 unspecified atom stereocenters. The minimum Gasteiger partial charge on any atom is -0.391 e. The highest BCUT2D eigenvalue weighted by atomic mass is 32.1. The quantitative estimate of drug-likeness (QED) is 0.0439. The van der Waals surface area contributed by atoms with E-state index in [2.05, 4.69) is 32.8 Å². The molecule has 79 heavy (non-hydrogen) atoms. The second kappa shape index (κ2) is 31.7. The predicted octanol–water partition coefficient (Wildman–Crippen LogP) is 4.79. The SMILES string of the molecule is CCCOCCOCCOCCOCCOCC(=O)N[C@H](C(=O)N1C[C@H](O)C[C@H]1C(=O)NCc1ccc(-c2scnc2C)cc1)C(C)(C)C.Cc1ncsc1-c1ccc(CNC(=O)[C@@H]2C[C@@H](O)CN2C(=O)[C@@H](N)C(C)(C)C)cc1. The number of hydrogen-bond acceptors (Lipinski definition) is 17. The average Bonchev–Trinajstić information content (AvgIpc) is 4.35. The third-order valence-corrected chi connectivity index (χ3v) is 15.2. The molecule has 2 aliphatic rings. The number of thiazole rings is 2. The number of rotatable bonds is 27. The summed E-state index contributed by atoms with van der Waals surface area (Å²) in [5, 5.41) is 29.1. The number of hydrogen-bond donors (Lipinski definition) is 6. The fourth-order valence-electron chi connectivity index (χ4n) is 8.69. The van der Waals surface area contributed by atoms with E-state index in [0.717, 1.165) is 56.4 Å². The first kappa shape index (κ1) is 64.5. The Bertz CT molecular complexity index is 2530. The summed E-state index contributed by atoms with van der Waals surface area (Å²) >= 11 is 3.17. The van der Waals surface area contributed by atoms with Crippen LogP contribution < -0.4 is 21.7 Å². The van der Waals surface area contributed by atoms with Crippen LogP contribution in [0.2, 0.25) is 0 Å². The number of nitrogens with one attached hydrogen (secondary N) is 3. The molecule has 0 radical (unpaired) electrons. The lowest BCUT2D eigenvalue weighted by Gasteiger charge is -2.35. The summed E-state index contributed by atoms with van der Waals surface area (Å²) in [6.45, 7) is 21.7. The monoisotopic (exact) mass is 1140 g/mol. The molecule has 6 rings (SSSR count). The molecular weight excluding hydrogens is 1050 g/mol. The highest BCUT2D eigenvalue weighted by Crippen LogP contribution is 2.30. The van der Waals surface area contributed by atoms with Gasteiger partial charge in [-0.25, -0.2) is 9.97 Å². The lowest BCUT2D eigenvalue weighted by atomic mass is 9.85. The number of carbonyl (C=O) groups excluding carboxylic acids is 5. The highest BCUT2D eigenvalue weighted by Gasteiger charge is 2.45. The van der Waals surface area contributed by atoms with Gasteiger partial charge in [-0.3, -0.25) is 24.0 Å². The topological polar surface area (TPSA) is 266 Å². The van der Waals surface area contributed by atoms with Gasteiger partial charge in [0.05, 0.1) is 103 Å². The molecule has 6 atom stereocenters. The van der Waals surface area contributed by atoms with Crippen LogP contribution in [0.1, 0.15) is 90.2 Å². The first-order valence-corrected chi connectivity index (χ1v) is 28.8. The molecule has 2 fully saturated rings. The Morgan fingerprint density at radius 2 is 1.01 bits per heavy atom. The molecule has 0 saturated carbocycles. The smallest absolute Gasteiger partial charge is 0.246 e. The fraction of sp³-hybridized carbons (Fsp3) is 0.596. The molecule has 2 aromatic heterocycles. The van der Waals surface area contributed by atoms with Gasteiger partial charge in [-0.15, -0.1) is 22.7 Å². The Labute approximate surface area is 473 Å². The summed E-state index contributed by atoms with van der Waals surface area (Å²) < 4.78 is 27.1. The van der Waals surface area contributed by atoms with Gasteiger partial charge in [0.1, 0.15) is 24.7 Å². The van der Waals surface area contributed by atoms with Crippen LogP contribution in [0.15, 0.2) is 59.6 Å². The Hall–Kier alpha value is -5.27. The number of β-amino-alcohol motifs (C(OH)–C–C–N with tert-alkyl or cyclic N) is 2. The summed E-state index contributed by atoms with van der Waals surface area (Å²) in [5.41, 5.74) is 14.6. The number of aliphatic hydroxyl groups is 2. The van der Waals surface area contributed by atoms with E-state index < -0.39 is 59.0 Å². The van der Waals surface area contributed by atoms with Gasteiger partial charge in [-0.1, -0.05) is 97.0 Å². The summed E-state index contributed by atoms with van der Waals surface area (Å²) in [6.07, 6.45) is -0.253. The molecular formula is C57H84N8O12S2. The maximum absolute atomic E-state index is 13.8. The molecule has 2 saturated heterocycles. The van der Waals surface area contributed by atoms with Gasteiger partial charge >= 0.3 is 0 Å². The maximum atomic E-state index is 13.8. The second-order valence-corrected chi connectivity index (χ2v) is 23.6. The number of aryl methyl sites for hydroxylation is 2. The van der Waals surface area contributed by atoms with E-state index in [-0.39, 0.29) is 70.0 Å². The Kier molecular flexibility index (Phi) is 25.9. The molecule has 2 aromatic carbocycles. The van der Waals surface area contributed by atoms with E-state index in [9.17, 15) is 34.2 Å². The zero-order chi connectivity index (χ0) is 57.7. The molecule has 7 N–H and O–H groups in total. The number of nitrogens with zero attached hydrogens (tertiary/aromatic N) is 4. The highest BCUT2D eigenvalue weighted by molar-refractivity contribution is 7.13. The van der Waals surface area contributed by atoms with Crippen molar-refractivity contribution in [2.75, 3.05) is 79.2 Å². The van der Waals surface area contributed by atoms with Crippen LogP contribution in [0.3, 0.4) is 0 Å². The number of ether oxygens (including phenoxy) is 5. The zero-order valence-corrected chi connectivity index (χ0v) is 49.1. The number of nitrogens with two attached hydrogens (primary N) is 1. The molecule has 22 heteroatoms. The van der Waals surface area contributed by atoms with Crippen molar-refractivity contribution >= 4 is 52.2 Å². The lowest BCUT2D eigenvalue weighted by molar-refractivity contribution is -0.144. The molecule has 0 spiro atoms. The summed E-state index contributed by atoms with van der Waals surface area (Å²) in [4.78, 5) is 79.1. The molecule has 4 heterocycles. The first-order chi connectivity index (χ1) is 37.6. The Balaban J connectivity index is 0.000000326. The predicted molar refractivity (Wildman–Crippen MR) is 304 cm³/mol. The van der Waals surface area contributed by atoms with Crippen molar-refractivity contribution in [3.63, 3.8) is 0 Å². The molecule has 2 aliphatic heterocycles. The van der Waals surface area contributed by atoms with Crippen LogP contribution in [-0.2, 0) is 60.7 Å². The molecule has 436 valence electrons. The van der Waals surface area contributed by atoms with E-state index >= 15 is 0 Å². The van der Waals surface area contributed by atoms with E-state index in [1.165, 1.54) is 9.80 Å². The van der Waals surface area contributed by atoms with Crippen molar-refractivity contribution in [3.8, 4) is 20.9 Å². The minimum absolute atomic E-state index is 0.000846. The van der Waals surface area contributed by atoms with Crippen LogP contribution in [0.4, 0.5) is 0 Å². The maximum Gasteiger partial charge on any atom is 0.246 e. The molecule has 0 aliphatic carbocycles. The number of amides is 5. The van der Waals surface area contributed by atoms with Crippen molar-refractivity contribution in [1.82, 2.24) is 35.7 Å². The summed E-state index contributed by atoms with van der Waals surface area (Å²) in [5.74, 6) is -1.83. The Morgan fingerprint density at radius 3 is 1.38 bits per heavy atom. The second-order valence-electron chi connectivity index (χ2n) is 21.9. The number of likely N-dealkylation sites (tertiary alicyclic amines) is 2. The molecule has 5 amide bonds. The largest absolute Gasteiger partial charge is 0.391 e. The first-order valence-electron chi connectivity index (χ1n) is 27.0. The number of aliphatic hydroxyl groups excluding tert-OH is 2. The minimum atomic E-state index is -0.937. The van der Waals surface area contributed by atoms with Gasteiger partial charge in [0.15, 0.2) is 0 Å². The Morgan fingerprint density at radius 1 is 0.620 bits per heavy atom. The van der Waals surface area contributed by atoms with Gasteiger partial charge < -0.3 is 65.4 Å². The van der Waals surface area contributed by atoms with Gasteiger partial charge in [0.25, 0.3) is 0 Å². The number of benzene rings is 2. The molecule has 0 bridgehead atoms. The fourth-order valence-corrected chi connectivity index (χ4v) is 10.3. The van der Waals surface area contributed by atoms with Crippen LogP contribution >= 0.6 is 22.7 Å². The van der Waals surface area contributed by atoms with Gasteiger partial charge in [-0.05, 0) is 53.4 Å². The molecule has 4 aromatic rings. The van der Waals surface area contributed by atoms with E-state index in [1.807, 2.05) is 115 Å². The van der Waals surface area contributed by atoms with Crippen LogP contribution in [0.25, 0.3) is 20.9 Å². The normalized spacial score (nSPS) is 18.2. The van der Waals surface area contributed by atoms with Gasteiger partial charge in [0.2, 0.25) is 29.5 Å². The van der Waals surface area contributed by atoms with Crippen molar-refractivity contribution < 1.29 is 57.9 Å². The van der Waals surface area contributed by atoms with Crippen molar-refractivity contribution in [3.05, 3.63) is 82.1 Å². The zero-order valence-electron chi connectivity index (χ0n) is 47.4. The standard InChI is InChI=1S/C35H54N4O9S.C22H30N4O3S/c1-6-11-44-12-13-45-14-15-46-16-17-47-18-19-48-23-30(41)38-32(35(3,4)5)34(43)39-22-28(40)20-29(39)33(42)36-21-26-7-9-27(10-8-26)31-25(2)37-24-49-31;1-13-18(30-12-25-13)15-7-5-14(6-8-15)10-24-20(28)17-9-16(27)11-26(17)21(29)19(23)22(2,3)4/h7-10,24,28-29,32,40H,6,11-23H2,1-5H3,(H,36,42)(H,38,41);5-8,12,16-17,19,27H,9-11,23H2,1-4H3,(H,24,28)/t28-,29+,32-;16-,17+,19-/m11/s1. The van der Waals surface area contributed by atoms with Gasteiger partial charge in [0, 0.05) is 45.6 Å². The summed E-state index contributed by atoms with van der Waals surface area (Å²) in [7, 11) is 0. The van der Waals surface area contributed by atoms with E-state index in [4.69, 9.17) is 29.4 Å². The molecule has 20 nitrogen and oxygen atoms in total.